The third-order valence-corrected chi connectivity index (χ3v) is 4.82. The smallest absolute Gasteiger partial charge is 0.456 e. The number of halogens is 1. The van der Waals surface area contributed by atoms with E-state index in [0.29, 0.717) is 27.8 Å². The Balaban J connectivity index is 1.91. The van der Waals surface area contributed by atoms with Gasteiger partial charge in [0.2, 0.25) is 0 Å². The molecule has 0 bridgehead atoms. The zero-order valence-electron chi connectivity index (χ0n) is 20.5. The zero-order chi connectivity index (χ0) is 26.0. The Morgan fingerprint density at radius 1 is 1.00 bits per heavy atom. The van der Waals surface area contributed by atoms with E-state index in [2.05, 4.69) is 5.32 Å². The van der Waals surface area contributed by atoms with Crippen LogP contribution in [0.5, 0.6) is 11.5 Å². The molecule has 0 fully saturated rings. The zero-order valence-corrected chi connectivity index (χ0v) is 21.3. The van der Waals surface area contributed by atoms with E-state index in [9.17, 15) is 14.4 Å². The van der Waals surface area contributed by atoms with Crippen LogP contribution < -0.4 is 15.1 Å². The van der Waals surface area contributed by atoms with Gasteiger partial charge in [-0.3, -0.25) is 9.63 Å². The largest absolute Gasteiger partial charge is 0.534 e. The minimum atomic E-state index is -1.06. The standard InChI is InChI=1S/C25H29ClN2O7/c1-24(2,3)33-22(30)27-18-14-15-13-16(32-20-10-8-7-9-17(20)26)11-12-19(15)28(21(18)29)35-23(31)34-25(4,5)6/h7-13,18H,14H2,1-6H3,(H,27,30). The van der Waals surface area contributed by atoms with E-state index in [0.717, 1.165) is 5.06 Å². The lowest BCUT2D eigenvalue weighted by molar-refractivity contribution is -0.128. The quantitative estimate of drug-likeness (QED) is 0.526. The molecule has 2 aromatic carbocycles. The molecule has 1 atom stereocenters. The number of rotatable bonds is 4. The first kappa shape index (κ1) is 26.2. The number of nitrogens with one attached hydrogen (secondary N) is 1. The van der Waals surface area contributed by atoms with Crippen molar-refractivity contribution in [1.82, 2.24) is 5.32 Å². The summed E-state index contributed by atoms with van der Waals surface area (Å²) in [6.07, 6.45) is -1.73. The molecule has 0 aliphatic carbocycles. The van der Waals surface area contributed by atoms with Gasteiger partial charge in [0, 0.05) is 6.42 Å². The fourth-order valence-corrected chi connectivity index (χ4v) is 3.38. The molecular weight excluding hydrogens is 476 g/mol. The molecule has 1 N–H and O–H groups in total. The number of ether oxygens (including phenoxy) is 3. The molecule has 2 amide bonds. The van der Waals surface area contributed by atoms with Crippen LogP contribution in [0.1, 0.15) is 47.1 Å². The van der Waals surface area contributed by atoms with E-state index in [1.54, 1.807) is 84.0 Å². The van der Waals surface area contributed by atoms with Crippen molar-refractivity contribution in [2.24, 2.45) is 0 Å². The third-order valence-electron chi connectivity index (χ3n) is 4.50. The molecule has 10 heteroatoms. The minimum absolute atomic E-state index is 0.112. The van der Waals surface area contributed by atoms with Gasteiger partial charge in [-0.25, -0.2) is 9.59 Å². The average Bonchev–Trinajstić information content (AvgIpc) is 2.70. The monoisotopic (exact) mass is 504 g/mol. The molecule has 1 aliphatic heterocycles. The van der Waals surface area contributed by atoms with E-state index in [1.807, 2.05) is 0 Å². The van der Waals surface area contributed by atoms with Gasteiger partial charge in [-0.05, 0) is 77.4 Å². The number of hydrogen-bond donors (Lipinski definition) is 1. The van der Waals surface area contributed by atoms with Gasteiger partial charge in [-0.2, -0.15) is 0 Å². The van der Waals surface area contributed by atoms with Gasteiger partial charge in [0.1, 0.15) is 28.7 Å². The molecule has 0 saturated carbocycles. The Labute approximate surface area is 209 Å². The highest BCUT2D eigenvalue weighted by atomic mass is 35.5. The van der Waals surface area contributed by atoms with Crippen molar-refractivity contribution < 1.29 is 33.4 Å². The van der Waals surface area contributed by atoms with Gasteiger partial charge in [0.25, 0.3) is 5.91 Å². The van der Waals surface area contributed by atoms with E-state index >= 15 is 0 Å². The average molecular weight is 505 g/mol. The van der Waals surface area contributed by atoms with Crippen LogP contribution in [0, 0.1) is 0 Å². The number of para-hydroxylation sites is 1. The second kappa shape index (κ2) is 10.0. The molecular formula is C25H29ClN2O7. The molecule has 35 heavy (non-hydrogen) atoms. The lowest BCUT2D eigenvalue weighted by atomic mass is 9.98. The number of hydrogen-bond acceptors (Lipinski definition) is 7. The molecule has 1 aliphatic rings. The number of amides is 2. The molecule has 0 saturated heterocycles. The number of fused-ring (bicyclic) bond motifs is 1. The van der Waals surface area contributed by atoms with E-state index < -0.39 is 35.4 Å². The predicted molar refractivity (Wildman–Crippen MR) is 130 cm³/mol. The lowest BCUT2D eigenvalue weighted by Gasteiger charge is -2.33. The Bertz CT molecular complexity index is 1120. The van der Waals surface area contributed by atoms with Crippen molar-refractivity contribution >= 4 is 35.4 Å². The van der Waals surface area contributed by atoms with Crippen LogP contribution >= 0.6 is 11.6 Å². The summed E-state index contributed by atoms with van der Waals surface area (Å²) in [5, 5.41) is 3.79. The molecule has 2 aromatic rings. The van der Waals surface area contributed by atoms with Crippen molar-refractivity contribution in [1.29, 1.82) is 0 Å². The van der Waals surface area contributed by atoms with Crippen molar-refractivity contribution in [3.05, 3.63) is 53.1 Å². The Morgan fingerprint density at radius 2 is 1.66 bits per heavy atom. The van der Waals surface area contributed by atoms with Crippen LogP contribution in [0.2, 0.25) is 5.02 Å². The minimum Gasteiger partial charge on any atom is -0.456 e. The Kier molecular flexibility index (Phi) is 7.50. The molecule has 3 rings (SSSR count). The number of carbonyl (C=O) groups excluding carboxylic acids is 3. The summed E-state index contributed by atoms with van der Waals surface area (Å²) < 4.78 is 16.4. The summed E-state index contributed by atoms with van der Waals surface area (Å²) >= 11 is 6.19. The highest BCUT2D eigenvalue weighted by Gasteiger charge is 2.38. The van der Waals surface area contributed by atoms with Crippen molar-refractivity contribution in [3.63, 3.8) is 0 Å². The van der Waals surface area contributed by atoms with Gasteiger partial charge in [0.05, 0.1) is 10.7 Å². The highest BCUT2D eigenvalue weighted by Crippen LogP contribution is 2.35. The summed E-state index contributed by atoms with van der Waals surface area (Å²) in [5.41, 5.74) is -0.699. The van der Waals surface area contributed by atoms with Crippen LogP contribution in [-0.4, -0.2) is 35.4 Å². The van der Waals surface area contributed by atoms with Crippen molar-refractivity contribution in [2.75, 3.05) is 5.06 Å². The molecule has 1 heterocycles. The predicted octanol–water partition coefficient (Wildman–Crippen LogP) is 5.78. The van der Waals surface area contributed by atoms with Crippen LogP contribution in [0.3, 0.4) is 0 Å². The van der Waals surface area contributed by atoms with Crippen LogP contribution in [-0.2, 0) is 25.5 Å². The second-order valence-electron chi connectivity index (χ2n) is 9.91. The van der Waals surface area contributed by atoms with Crippen LogP contribution in [0.25, 0.3) is 0 Å². The van der Waals surface area contributed by atoms with Crippen LogP contribution in [0.4, 0.5) is 15.3 Å². The van der Waals surface area contributed by atoms with E-state index in [-0.39, 0.29) is 6.42 Å². The highest BCUT2D eigenvalue weighted by molar-refractivity contribution is 6.32. The maximum absolute atomic E-state index is 13.2. The number of hydroxylamine groups is 1. The van der Waals surface area contributed by atoms with E-state index in [1.165, 1.54) is 0 Å². The molecule has 0 spiro atoms. The molecule has 1 unspecified atom stereocenters. The third kappa shape index (κ3) is 7.26. The molecule has 0 aromatic heterocycles. The fraction of sp³-hybridized carbons (Fsp3) is 0.400. The Hall–Kier alpha value is -3.46. The number of benzene rings is 2. The summed E-state index contributed by atoms with van der Waals surface area (Å²) in [6.45, 7) is 10.1. The van der Waals surface area contributed by atoms with Gasteiger partial charge in [-0.1, -0.05) is 23.7 Å². The maximum Gasteiger partial charge on any atom is 0.534 e. The maximum atomic E-state index is 13.2. The summed E-state index contributed by atoms with van der Waals surface area (Å²) in [6, 6.07) is 10.8. The second-order valence-corrected chi connectivity index (χ2v) is 10.3. The number of carbonyl (C=O) groups is 3. The van der Waals surface area contributed by atoms with Gasteiger partial charge >= 0.3 is 12.2 Å². The topological polar surface area (TPSA) is 103 Å². The molecule has 0 radical (unpaired) electrons. The lowest BCUT2D eigenvalue weighted by Crippen LogP contribution is -2.54. The summed E-state index contributed by atoms with van der Waals surface area (Å²) in [4.78, 5) is 43.2. The fourth-order valence-electron chi connectivity index (χ4n) is 3.21. The Morgan fingerprint density at radius 3 is 2.29 bits per heavy atom. The van der Waals surface area contributed by atoms with Crippen molar-refractivity contribution in [3.8, 4) is 11.5 Å². The summed E-state index contributed by atoms with van der Waals surface area (Å²) in [5.74, 6) is 0.236. The number of nitrogens with zero attached hydrogens (tertiary/aromatic N) is 1. The van der Waals surface area contributed by atoms with Gasteiger partial charge in [0.15, 0.2) is 0 Å². The first-order valence-electron chi connectivity index (χ1n) is 11.0. The first-order chi connectivity index (χ1) is 16.2. The summed E-state index contributed by atoms with van der Waals surface area (Å²) in [7, 11) is 0. The number of anilines is 1. The first-order valence-corrected chi connectivity index (χ1v) is 11.4. The van der Waals surface area contributed by atoms with Crippen molar-refractivity contribution in [2.45, 2.75) is 65.2 Å². The van der Waals surface area contributed by atoms with Crippen LogP contribution in [0.15, 0.2) is 42.5 Å². The van der Waals surface area contributed by atoms with Gasteiger partial charge in [-0.15, -0.1) is 5.06 Å². The van der Waals surface area contributed by atoms with E-state index in [4.69, 9.17) is 30.6 Å². The molecule has 9 nitrogen and oxygen atoms in total. The molecule has 188 valence electrons. The number of alkyl carbamates (subject to hydrolysis) is 1. The SMILES string of the molecule is CC(C)(C)OC(=O)NC1Cc2cc(Oc3ccccc3Cl)ccc2N(OC(=O)OC(C)(C)C)C1=O. The normalized spacial score (nSPS) is 15.7. The van der Waals surface area contributed by atoms with Gasteiger partial charge < -0.3 is 19.5 Å².